The summed E-state index contributed by atoms with van der Waals surface area (Å²) < 4.78 is 2.29. The molecule has 1 N–H and O–H groups in total. The molecule has 2 rings (SSSR count). The molecule has 0 radical (unpaired) electrons. The molecule has 0 unspecified atom stereocenters. The molecule has 4 heteroatoms. The van der Waals surface area contributed by atoms with Crippen LogP contribution in [0, 0.1) is 0 Å². The normalized spacial score (nSPS) is 20.6. The molecule has 0 aliphatic carbocycles. The topological polar surface area (TPSA) is 33.1 Å². The Morgan fingerprint density at radius 1 is 1.59 bits per heavy atom. The summed E-state index contributed by atoms with van der Waals surface area (Å²) in [5, 5.41) is 3.54. The predicted molar refractivity (Wildman–Crippen MR) is 70.0 cm³/mol. The molecule has 1 aliphatic rings. The average molecular weight is 236 g/mol. The van der Waals surface area contributed by atoms with Gasteiger partial charge in [0.2, 0.25) is 0 Å². The van der Waals surface area contributed by atoms with Crippen molar-refractivity contribution in [1.82, 2.24) is 19.8 Å². The minimum atomic E-state index is 0.516. The molecule has 0 saturated carbocycles. The molecule has 1 aromatic rings. The minimum absolute atomic E-state index is 0.516. The van der Waals surface area contributed by atoms with Gasteiger partial charge in [-0.2, -0.15) is 0 Å². The Morgan fingerprint density at radius 3 is 3.06 bits per heavy atom. The lowest BCUT2D eigenvalue weighted by atomic mass is 10.2. The fraction of sp³-hybridized carbons (Fsp3) is 0.769. The largest absolute Gasteiger partial charge is 0.332 e. The Bertz CT molecular complexity index is 339. The molecule has 2 heterocycles. The van der Waals surface area contributed by atoms with Crippen LogP contribution in [-0.4, -0.2) is 40.6 Å². The number of nitrogens with zero attached hydrogens (tertiary/aromatic N) is 3. The monoisotopic (exact) mass is 236 g/mol. The lowest BCUT2D eigenvalue weighted by molar-refractivity contribution is 0.261. The zero-order valence-corrected chi connectivity index (χ0v) is 11.2. The second-order valence-electron chi connectivity index (χ2n) is 5.24. The van der Waals surface area contributed by atoms with Gasteiger partial charge in [-0.25, -0.2) is 4.98 Å². The first-order chi connectivity index (χ1) is 8.18. The van der Waals surface area contributed by atoms with Crippen molar-refractivity contribution < 1.29 is 0 Å². The van der Waals surface area contributed by atoms with Gasteiger partial charge >= 0.3 is 0 Å². The number of imidazole rings is 1. The molecular weight excluding hydrogens is 212 g/mol. The quantitative estimate of drug-likeness (QED) is 0.844. The summed E-state index contributed by atoms with van der Waals surface area (Å²) in [5.41, 5.74) is 1.35. The lowest BCUT2D eigenvalue weighted by Crippen LogP contribution is -2.30. The van der Waals surface area contributed by atoms with Gasteiger partial charge in [-0.05, 0) is 40.3 Å². The van der Waals surface area contributed by atoms with Gasteiger partial charge in [-0.1, -0.05) is 0 Å². The van der Waals surface area contributed by atoms with Crippen molar-refractivity contribution in [3.05, 3.63) is 18.2 Å². The van der Waals surface area contributed by atoms with Crippen LogP contribution in [0.3, 0.4) is 0 Å². The van der Waals surface area contributed by atoms with Gasteiger partial charge in [-0.15, -0.1) is 0 Å². The van der Waals surface area contributed by atoms with E-state index in [1.807, 2.05) is 12.5 Å². The van der Waals surface area contributed by atoms with Crippen LogP contribution in [0.1, 0.15) is 38.4 Å². The number of aromatic nitrogens is 2. The maximum atomic E-state index is 4.29. The van der Waals surface area contributed by atoms with E-state index in [4.69, 9.17) is 0 Å². The third-order valence-electron chi connectivity index (χ3n) is 3.74. The Morgan fingerprint density at radius 2 is 2.41 bits per heavy atom. The third-order valence-corrected chi connectivity index (χ3v) is 3.74. The summed E-state index contributed by atoms with van der Waals surface area (Å²) in [6, 6.07) is 1.12. The van der Waals surface area contributed by atoms with Gasteiger partial charge in [0.1, 0.15) is 0 Å². The fourth-order valence-electron chi connectivity index (χ4n) is 2.27. The van der Waals surface area contributed by atoms with E-state index in [1.165, 1.54) is 18.5 Å². The van der Waals surface area contributed by atoms with Gasteiger partial charge in [0.05, 0.1) is 12.0 Å². The van der Waals surface area contributed by atoms with Crippen LogP contribution in [0.5, 0.6) is 0 Å². The smallest absolute Gasteiger partial charge is 0.0949 e. The number of likely N-dealkylation sites (N-methyl/N-ethyl adjacent to an activating group) is 1. The molecule has 96 valence electrons. The Hall–Kier alpha value is -0.870. The van der Waals surface area contributed by atoms with Crippen molar-refractivity contribution in [1.29, 1.82) is 0 Å². The standard InChI is InChI=1S/C13H24N4/c1-11(2)16(3)7-8-17-10-14-9-13(17)12-5-4-6-15-12/h9-12,15H,4-8H2,1-3H3/t12-/m0/s1. The third kappa shape index (κ3) is 3.07. The van der Waals surface area contributed by atoms with Crippen LogP contribution < -0.4 is 5.32 Å². The highest BCUT2D eigenvalue weighted by Gasteiger charge is 2.19. The molecule has 1 aliphatic heterocycles. The predicted octanol–water partition coefficient (Wildman–Crippen LogP) is 1.65. The molecule has 0 spiro atoms. The highest BCUT2D eigenvalue weighted by molar-refractivity contribution is 5.07. The van der Waals surface area contributed by atoms with Crippen LogP contribution in [0.15, 0.2) is 12.5 Å². The van der Waals surface area contributed by atoms with E-state index in [2.05, 4.69) is 40.7 Å². The van der Waals surface area contributed by atoms with Crippen LogP contribution in [0.4, 0.5) is 0 Å². The van der Waals surface area contributed by atoms with Crippen LogP contribution >= 0.6 is 0 Å². The molecule has 1 fully saturated rings. The summed E-state index contributed by atoms with van der Waals surface area (Å²) in [5.74, 6) is 0. The Labute approximate surface area is 104 Å². The van der Waals surface area contributed by atoms with Crippen molar-refractivity contribution in [3.63, 3.8) is 0 Å². The van der Waals surface area contributed by atoms with Crippen molar-refractivity contribution in [3.8, 4) is 0 Å². The molecule has 0 bridgehead atoms. The van der Waals surface area contributed by atoms with E-state index in [0.717, 1.165) is 19.6 Å². The second-order valence-corrected chi connectivity index (χ2v) is 5.24. The first-order valence-electron chi connectivity index (χ1n) is 6.62. The van der Waals surface area contributed by atoms with Crippen LogP contribution in [-0.2, 0) is 6.54 Å². The molecule has 1 saturated heterocycles. The van der Waals surface area contributed by atoms with Gasteiger partial charge in [-0.3, -0.25) is 0 Å². The zero-order chi connectivity index (χ0) is 12.3. The highest BCUT2D eigenvalue weighted by atomic mass is 15.2. The summed E-state index contributed by atoms with van der Waals surface area (Å²) in [4.78, 5) is 6.66. The second kappa shape index (κ2) is 5.65. The van der Waals surface area contributed by atoms with Crippen molar-refractivity contribution in [2.75, 3.05) is 20.1 Å². The maximum absolute atomic E-state index is 4.29. The lowest BCUT2D eigenvalue weighted by Gasteiger charge is -2.22. The Kier molecular flexibility index (Phi) is 4.18. The van der Waals surface area contributed by atoms with E-state index in [1.54, 1.807) is 0 Å². The number of rotatable bonds is 5. The molecule has 4 nitrogen and oxygen atoms in total. The summed E-state index contributed by atoms with van der Waals surface area (Å²) in [6.45, 7) is 7.71. The number of hydrogen-bond acceptors (Lipinski definition) is 3. The first-order valence-corrected chi connectivity index (χ1v) is 6.62. The van der Waals surface area contributed by atoms with E-state index >= 15 is 0 Å². The van der Waals surface area contributed by atoms with E-state index < -0.39 is 0 Å². The first kappa shape index (κ1) is 12.6. The van der Waals surface area contributed by atoms with Gasteiger partial charge in [0, 0.05) is 31.4 Å². The van der Waals surface area contributed by atoms with E-state index in [0.29, 0.717) is 12.1 Å². The summed E-state index contributed by atoms with van der Waals surface area (Å²) in [7, 11) is 2.18. The molecule has 0 aromatic carbocycles. The van der Waals surface area contributed by atoms with E-state index in [9.17, 15) is 0 Å². The highest BCUT2D eigenvalue weighted by Crippen LogP contribution is 2.22. The molecule has 0 amide bonds. The summed E-state index contributed by atoms with van der Waals surface area (Å²) >= 11 is 0. The molecule has 1 atom stereocenters. The van der Waals surface area contributed by atoms with Gasteiger partial charge in [0.15, 0.2) is 0 Å². The van der Waals surface area contributed by atoms with Gasteiger partial charge < -0.3 is 14.8 Å². The van der Waals surface area contributed by atoms with Crippen molar-refractivity contribution >= 4 is 0 Å². The minimum Gasteiger partial charge on any atom is -0.332 e. The number of hydrogen-bond donors (Lipinski definition) is 1. The average Bonchev–Trinajstić information content (AvgIpc) is 2.95. The number of nitrogens with one attached hydrogen (secondary N) is 1. The van der Waals surface area contributed by atoms with Crippen molar-refractivity contribution in [2.45, 2.75) is 45.3 Å². The van der Waals surface area contributed by atoms with Crippen molar-refractivity contribution in [2.24, 2.45) is 0 Å². The molecular formula is C13H24N4. The van der Waals surface area contributed by atoms with E-state index in [-0.39, 0.29) is 0 Å². The van der Waals surface area contributed by atoms with Gasteiger partial charge in [0.25, 0.3) is 0 Å². The maximum Gasteiger partial charge on any atom is 0.0949 e. The summed E-state index contributed by atoms with van der Waals surface area (Å²) in [6.07, 6.45) is 6.50. The zero-order valence-electron chi connectivity index (χ0n) is 11.2. The Balaban J connectivity index is 1.94. The fourth-order valence-corrected chi connectivity index (χ4v) is 2.27. The van der Waals surface area contributed by atoms with Crippen LogP contribution in [0.25, 0.3) is 0 Å². The molecule has 1 aromatic heterocycles. The SMILES string of the molecule is CC(C)N(C)CCn1cncc1[C@@H]1CCCN1. The van der Waals surface area contributed by atoms with Crippen LogP contribution in [0.2, 0.25) is 0 Å². The molecule has 17 heavy (non-hydrogen) atoms.